The Bertz CT molecular complexity index is 4330. The fourth-order valence-corrected chi connectivity index (χ4v) is 15.0. The normalized spacial score (nSPS) is 20.0. The van der Waals surface area contributed by atoms with E-state index in [9.17, 15) is 0 Å². The first-order valence-corrected chi connectivity index (χ1v) is 30.1. The Kier molecular flexibility index (Phi) is 12.6. The first-order chi connectivity index (χ1) is 42.6. The van der Waals surface area contributed by atoms with E-state index in [0.29, 0.717) is 0 Å². The highest BCUT2D eigenvalue weighted by molar-refractivity contribution is 5.83. The summed E-state index contributed by atoms with van der Waals surface area (Å²) in [6.45, 7) is 0. The molecule has 4 unspecified atom stereocenters. The van der Waals surface area contributed by atoms with Gasteiger partial charge < -0.3 is 19.6 Å². The van der Waals surface area contributed by atoms with E-state index in [1.807, 2.05) is 0 Å². The van der Waals surface area contributed by atoms with E-state index in [2.05, 4.69) is 359 Å². The lowest BCUT2D eigenvalue weighted by atomic mass is 9.37. The van der Waals surface area contributed by atoms with Gasteiger partial charge in [0.15, 0.2) is 0 Å². The van der Waals surface area contributed by atoms with Crippen molar-refractivity contribution in [3.05, 3.63) is 373 Å². The minimum absolute atomic E-state index is 0.166. The van der Waals surface area contributed by atoms with Crippen LogP contribution in [0.1, 0.15) is 12.8 Å². The van der Waals surface area contributed by atoms with Gasteiger partial charge in [0.05, 0.1) is 0 Å². The minimum atomic E-state index is -0.303. The van der Waals surface area contributed by atoms with Crippen molar-refractivity contribution in [2.45, 2.75) is 12.8 Å². The van der Waals surface area contributed by atoms with Crippen molar-refractivity contribution < 1.29 is 0 Å². The molecule has 86 heavy (non-hydrogen) atoms. The third kappa shape index (κ3) is 8.59. The van der Waals surface area contributed by atoms with Crippen LogP contribution in [-0.2, 0) is 0 Å². The van der Waals surface area contributed by atoms with Crippen molar-refractivity contribution in [1.82, 2.24) is 0 Å². The molecule has 3 saturated carbocycles. The van der Waals surface area contributed by atoms with Gasteiger partial charge in [-0.1, -0.05) is 212 Å². The summed E-state index contributed by atoms with van der Waals surface area (Å²) in [6.07, 6.45) is 26.6. The van der Waals surface area contributed by atoms with Crippen molar-refractivity contribution in [2.75, 3.05) is 19.6 Å². The average Bonchev–Trinajstić information content (AvgIpc) is 0.664. The molecule has 0 saturated heterocycles. The van der Waals surface area contributed by atoms with E-state index in [0.717, 1.165) is 69.7 Å². The summed E-state index contributed by atoms with van der Waals surface area (Å²) < 4.78 is 0. The fraction of sp³-hybridized carbons (Fsp3) is 0.0732. The molecular weight excluding hydrogens is 1040 g/mol. The number of nitrogens with zero attached hydrogens (tertiary/aromatic N) is 4. The molecule has 0 radical (unpaired) electrons. The van der Waals surface area contributed by atoms with Gasteiger partial charge in [0.25, 0.3) is 0 Å². The van der Waals surface area contributed by atoms with E-state index in [1.165, 1.54) is 55.9 Å². The zero-order valence-corrected chi connectivity index (χ0v) is 47.7. The second-order valence-corrected chi connectivity index (χ2v) is 23.3. The predicted octanol–water partition coefficient (Wildman–Crippen LogP) is 21.6. The lowest BCUT2D eigenvalue weighted by Gasteiger charge is -2.66. The van der Waals surface area contributed by atoms with E-state index in [-0.39, 0.29) is 22.7 Å². The van der Waals surface area contributed by atoms with Gasteiger partial charge in [-0.25, -0.2) is 0 Å². The molecule has 7 aliphatic carbocycles. The second kappa shape index (κ2) is 21.2. The summed E-state index contributed by atoms with van der Waals surface area (Å²) in [5, 5.41) is 0. The van der Waals surface area contributed by atoms with Crippen molar-refractivity contribution in [3.63, 3.8) is 0 Å². The number of allylic oxidation sites excluding steroid dienone is 15. The summed E-state index contributed by atoms with van der Waals surface area (Å²) in [5.41, 5.74) is 24.2. The molecule has 10 aromatic rings. The maximum Gasteiger partial charge on any atom is 0.0462 e. The number of para-hydroxylation sites is 6. The molecule has 3 fully saturated rings. The monoisotopic (exact) mass is 1100 g/mol. The third-order valence-corrected chi connectivity index (χ3v) is 18.6. The summed E-state index contributed by atoms with van der Waals surface area (Å²) in [7, 11) is 0. The molecule has 0 aliphatic heterocycles. The highest BCUT2D eigenvalue weighted by atomic mass is 15.2. The van der Waals surface area contributed by atoms with Crippen LogP contribution in [0.3, 0.4) is 0 Å². The van der Waals surface area contributed by atoms with E-state index in [4.69, 9.17) is 0 Å². The lowest BCUT2D eigenvalue weighted by molar-refractivity contribution is 0.180. The second-order valence-electron chi connectivity index (χ2n) is 23.3. The molecule has 4 atom stereocenters. The van der Waals surface area contributed by atoms with Gasteiger partial charge in [0.2, 0.25) is 0 Å². The average molecular weight is 1100 g/mol. The molecule has 4 nitrogen and oxygen atoms in total. The molecule has 0 N–H and O–H groups in total. The molecule has 0 aromatic heterocycles. The largest absolute Gasteiger partial charge is 0.314 e. The maximum absolute atomic E-state index is 2.66. The molecule has 0 amide bonds. The molecule has 2 spiro atoms. The summed E-state index contributed by atoms with van der Waals surface area (Å²) in [6, 6.07) is 101. The van der Waals surface area contributed by atoms with E-state index >= 15 is 0 Å². The van der Waals surface area contributed by atoms with Gasteiger partial charge >= 0.3 is 0 Å². The van der Waals surface area contributed by atoms with Crippen LogP contribution < -0.4 is 19.6 Å². The van der Waals surface area contributed by atoms with E-state index < -0.39 is 0 Å². The Morgan fingerprint density at radius 3 is 1.00 bits per heavy atom. The number of anilines is 10. The Hall–Kier alpha value is -10.7. The van der Waals surface area contributed by atoms with E-state index in [1.54, 1.807) is 0 Å². The number of benzene rings is 10. The smallest absolute Gasteiger partial charge is 0.0462 e. The minimum Gasteiger partial charge on any atom is -0.314 e. The molecule has 17 rings (SSSR count). The van der Waals surface area contributed by atoms with Gasteiger partial charge in [0.1, 0.15) is 0 Å². The van der Waals surface area contributed by atoms with Gasteiger partial charge in [-0.15, -0.1) is 0 Å². The first-order valence-electron chi connectivity index (χ1n) is 30.1. The molecular formula is C82H62N4. The highest BCUT2D eigenvalue weighted by Crippen LogP contribution is 2.75. The molecule has 410 valence electrons. The predicted molar refractivity (Wildman–Crippen MR) is 358 cm³/mol. The van der Waals surface area contributed by atoms with Gasteiger partial charge in [-0.05, 0) is 172 Å². The Labute approximate surface area is 504 Å². The van der Waals surface area contributed by atoms with Crippen LogP contribution in [-0.4, -0.2) is 0 Å². The Balaban J connectivity index is 0.721. The third-order valence-electron chi connectivity index (χ3n) is 18.6. The van der Waals surface area contributed by atoms with Crippen molar-refractivity contribution in [1.29, 1.82) is 0 Å². The van der Waals surface area contributed by atoms with Gasteiger partial charge in [-0.2, -0.15) is 0 Å². The topological polar surface area (TPSA) is 13.0 Å². The summed E-state index contributed by atoms with van der Waals surface area (Å²) in [5.74, 6) is 0.367. The zero-order valence-electron chi connectivity index (χ0n) is 47.7. The quantitative estimate of drug-likeness (QED) is 0.101. The van der Waals surface area contributed by atoms with Crippen LogP contribution in [0.2, 0.25) is 0 Å². The maximum atomic E-state index is 2.66. The number of hydrogen-bond acceptors (Lipinski definition) is 4. The van der Waals surface area contributed by atoms with Crippen molar-refractivity contribution in [3.8, 4) is 22.3 Å². The SMILES string of the molecule is C1=CC23C=C(N(c4ccccc4)c4ccc(-c5ccc(N(c6ccccc6)c6ccccc6)cc5)cc4)CC=C2C2C4=CC=CC25CC(N(c2ccccc2)c2ccc(-c6ccc(N(c7ccccc7)c7ccccc7)cc6)cc2)=CC=C5C3C4=C1. The summed E-state index contributed by atoms with van der Waals surface area (Å²) in [4.78, 5) is 9.64. The molecule has 4 heteroatoms. The molecule has 10 aromatic carbocycles. The zero-order chi connectivity index (χ0) is 57.0. The van der Waals surface area contributed by atoms with Crippen LogP contribution in [0, 0.1) is 22.7 Å². The van der Waals surface area contributed by atoms with Crippen molar-refractivity contribution in [2.24, 2.45) is 22.7 Å². The number of rotatable bonds is 14. The van der Waals surface area contributed by atoms with Crippen LogP contribution in [0.25, 0.3) is 22.3 Å². The molecule has 7 aliphatic rings. The van der Waals surface area contributed by atoms with Gasteiger partial charge in [-0.3, -0.25) is 0 Å². The molecule has 0 heterocycles. The fourth-order valence-electron chi connectivity index (χ4n) is 15.0. The standard InChI is InChI=1S/C82H62N4/c1-7-21-63(22-8-1)83(64-23-9-2-10-24-64)69-43-35-59(36-44-69)61-39-47-71(48-40-61)85(67-29-15-5-16-30-67)73-51-53-77-80-76-34-20-56-82(80)58-74(52-54-78(82)79-75(76)33-19-55-81(77,79)57-73)86(68-31-17-6-18-32-68)72-49-41-62(42-50-72)60-37-45-70(46-38-60)84(65-25-11-3-12-26-65)66-27-13-4-14-28-66/h1-51,53-56,58,79-80H,52,57H2. The van der Waals surface area contributed by atoms with Crippen LogP contribution >= 0.6 is 0 Å². The van der Waals surface area contributed by atoms with Crippen molar-refractivity contribution >= 4 is 56.9 Å². The van der Waals surface area contributed by atoms with Gasteiger partial charge in [0, 0.05) is 104 Å². The molecule has 6 bridgehead atoms. The van der Waals surface area contributed by atoms with Crippen LogP contribution in [0.15, 0.2) is 373 Å². The number of hydrogen-bond donors (Lipinski definition) is 0. The van der Waals surface area contributed by atoms with Crippen LogP contribution in [0.5, 0.6) is 0 Å². The lowest BCUT2D eigenvalue weighted by Crippen LogP contribution is -2.58. The summed E-state index contributed by atoms with van der Waals surface area (Å²) >= 11 is 0. The highest BCUT2D eigenvalue weighted by Gasteiger charge is 2.66. The Morgan fingerprint density at radius 2 is 0.605 bits per heavy atom. The van der Waals surface area contributed by atoms with Crippen LogP contribution in [0.4, 0.5) is 56.9 Å². The first kappa shape index (κ1) is 51.0. The Morgan fingerprint density at radius 1 is 0.279 bits per heavy atom.